The lowest BCUT2D eigenvalue weighted by Gasteiger charge is -2.14. The minimum absolute atomic E-state index is 0.622. The summed E-state index contributed by atoms with van der Waals surface area (Å²) >= 11 is 0. The number of nitrogens with zero attached hydrogens (tertiary/aromatic N) is 4. The molecule has 0 saturated carbocycles. The first kappa shape index (κ1) is 29.1. The Kier molecular flexibility index (Phi) is 6.81. The van der Waals surface area contributed by atoms with Crippen molar-refractivity contribution in [2.24, 2.45) is 0 Å². The second-order valence-electron chi connectivity index (χ2n) is 12.8. The average Bonchev–Trinajstić information content (AvgIpc) is 3.72. The Bertz CT molecular complexity index is 2890. The summed E-state index contributed by atoms with van der Waals surface area (Å²) in [5.41, 5.74) is 10.3. The zero-order chi connectivity index (χ0) is 33.7. The van der Waals surface area contributed by atoms with Crippen LogP contribution in [0, 0.1) is 0 Å². The molecule has 51 heavy (non-hydrogen) atoms. The molecule has 0 aliphatic carbocycles. The number of rotatable bonds is 6. The van der Waals surface area contributed by atoms with Crippen LogP contribution in [0.1, 0.15) is 5.56 Å². The van der Waals surface area contributed by atoms with Gasteiger partial charge in [0.25, 0.3) is 0 Å². The zero-order valence-corrected chi connectivity index (χ0v) is 27.6. The Morgan fingerprint density at radius 3 is 1.86 bits per heavy atom. The Morgan fingerprint density at radius 1 is 0.392 bits per heavy atom. The van der Waals surface area contributed by atoms with Gasteiger partial charge in [0.1, 0.15) is 11.2 Å². The fourth-order valence-corrected chi connectivity index (χ4v) is 7.29. The number of benzene rings is 7. The number of hydrogen-bond acceptors (Lipinski definition) is 4. The van der Waals surface area contributed by atoms with E-state index in [4.69, 9.17) is 19.4 Å². The van der Waals surface area contributed by atoms with Crippen LogP contribution in [0.3, 0.4) is 0 Å². The minimum atomic E-state index is 0.622. The normalized spacial score (nSPS) is 11.6. The van der Waals surface area contributed by atoms with Crippen molar-refractivity contribution < 1.29 is 4.42 Å². The van der Waals surface area contributed by atoms with Crippen LogP contribution in [0.2, 0.25) is 0 Å². The first-order valence-electron chi connectivity index (χ1n) is 17.1. The van der Waals surface area contributed by atoms with Crippen LogP contribution >= 0.6 is 0 Å². The first-order chi connectivity index (χ1) is 25.3. The summed E-state index contributed by atoms with van der Waals surface area (Å²) in [7, 11) is 0. The summed E-state index contributed by atoms with van der Waals surface area (Å²) in [4.78, 5) is 15.3. The monoisotopic (exact) mass is 654 g/mol. The lowest BCUT2D eigenvalue weighted by atomic mass is 10.0. The molecule has 10 aromatic rings. The molecule has 0 radical (unpaired) electrons. The van der Waals surface area contributed by atoms with E-state index in [2.05, 4.69) is 126 Å². The van der Waals surface area contributed by atoms with Gasteiger partial charge >= 0.3 is 0 Å². The highest BCUT2D eigenvalue weighted by atomic mass is 16.3. The van der Waals surface area contributed by atoms with Crippen molar-refractivity contribution in [2.75, 3.05) is 0 Å². The van der Waals surface area contributed by atoms with Crippen LogP contribution in [-0.4, -0.2) is 19.5 Å². The minimum Gasteiger partial charge on any atom is -0.456 e. The van der Waals surface area contributed by atoms with Crippen molar-refractivity contribution in [3.63, 3.8) is 0 Å². The van der Waals surface area contributed by atoms with E-state index in [1.54, 1.807) is 0 Å². The van der Waals surface area contributed by atoms with Crippen LogP contribution in [0.4, 0.5) is 0 Å². The van der Waals surface area contributed by atoms with Gasteiger partial charge in [0.2, 0.25) is 0 Å². The first-order valence-corrected chi connectivity index (χ1v) is 17.1. The zero-order valence-electron chi connectivity index (χ0n) is 27.6. The molecule has 0 amide bonds. The third-order valence-corrected chi connectivity index (χ3v) is 9.75. The van der Waals surface area contributed by atoms with Crippen molar-refractivity contribution in [1.82, 2.24) is 19.5 Å². The van der Waals surface area contributed by atoms with Crippen molar-refractivity contribution >= 4 is 43.7 Å². The molecule has 3 aromatic heterocycles. The Balaban J connectivity index is 1.14. The molecule has 0 aliphatic rings. The highest BCUT2D eigenvalue weighted by molar-refractivity contribution is 6.16. The summed E-state index contributed by atoms with van der Waals surface area (Å²) < 4.78 is 8.75. The van der Waals surface area contributed by atoms with E-state index in [-0.39, 0.29) is 0 Å². The Morgan fingerprint density at radius 2 is 1.02 bits per heavy atom. The van der Waals surface area contributed by atoms with Gasteiger partial charge < -0.3 is 8.98 Å². The fourth-order valence-electron chi connectivity index (χ4n) is 7.29. The molecule has 5 nitrogen and oxygen atoms in total. The third kappa shape index (κ3) is 5.06. The Hall–Kier alpha value is -6.85. The Labute approximate surface area is 294 Å². The van der Waals surface area contributed by atoms with E-state index >= 15 is 0 Å². The lowest BCUT2D eigenvalue weighted by Crippen LogP contribution is -2.05. The van der Waals surface area contributed by atoms with E-state index < -0.39 is 0 Å². The SMILES string of the molecule is c1ccc(-c2cccc(-c3nc(-c4ccccc4)nc(-c4ccccc4Cn4c5ccccc5c5cc6c(cc54)oc4ccccc46)n3)c2)cc1. The highest BCUT2D eigenvalue weighted by Gasteiger charge is 2.19. The van der Waals surface area contributed by atoms with Gasteiger partial charge in [-0.3, -0.25) is 0 Å². The predicted octanol–water partition coefficient (Wildman–Crippen LogP) is 11.6. The average molecular weight is 655 g/mol. The van der Waals surface area contributed by atoms with Crippen molar-refractivity contribution in [3.05, 3.63) is 175 Å². The fraction of sp³-hybridized carbons (Fsp3) is 0.0217. The molecule has 10 rings (SSSR count). The topological polar surface area (TPSA) is 56.7 Å². The van der Waals surface area contributed by atoms with Crippen LogP contribution < -0.4 is 0 Å². The van der Waals surface area contributed by atoms with Gasteiger partial charge in [0.05, 0.1) is 5.52 Å². The quantitative estimate of drug-likeness (QED) is 0.179. The van der Waals surface area contributed by atoms with E-state index in [0.717, 1.165) is 60.8 Å². The molecule has 0 unspecified atom stereocenters. The van der Waals surface area contributed by atoms with E-state index in [1.807, 2.05) is 48.5 Å². The van der Waals surface area contributed by atoms with Crippen molar-refractivity contribution in [3.8, 4) is 45.3 Å². The number of aromatic nitrogens is 4. The maximum atomic E-state index is 6.36. The number of furan rings is 1. The molecule has 0 bridgehead atoms. The maximum Gasteiger partial charge on any atom is 0.164 e. The van der Waals surface area contributed by atoms with Gasteiger partial charge in [-0.1, -0.05) is 140 Å². The summed E-state index contributed by atoms with van der Waals surface area (Å²) in [5, 5.41) is 4.67. The molecule has 7 aromatic carbocycles. The second kappa shape index (κ2) is 11.9. The third-order valence-electron chi connectivity index (χ3n) is 9.75. The molecule has 240 valence electrons. The maximum absolute atomic E-state index is 6.36. The van der Waals surface area contributed by atoms with Crippen molar-refractivity contribution in [2.45, 2.75) is 6.54 Å². The summed E-state index contributed by atoms with van der Waals surface area (Å²) in [6.07, 6.45) is 0. The molecule has 5 heteroatoms. The molecule has 3 heterocycles. The predicted molar refractivity (Wildman–Crippen MR) is 207 cm³/mol. The summed E-state index contributed by atoms with van der Waals surface area (Å²) in [6.45, 7) is 0.622. The molecular weight excluding hydrogens is 625 g/mol. The van der Waals surface area contributed by atoms with Gasteiger partial charge in [-0.2, -0.15) is 0 Å². The molecular formula is C46H30N4O. The smallest absolute Gasteiger partial charge is 0.164 e. The van der Waals surface area contributed by atoms with Crippen LogP contribution in [0.15, 0.2) is 174 Å². The van der Waals surface area contributed by atoms with Crippen LogP contribution in [0.25, 0.3) is 89.0 Å². The highest BCUT2D eigenvalue weighted by Crippen LogP contribution is 2.38. The number of hydrogen-bond donors (Lipinski definition) is 0. The number of para-hydroxylation sites is 2. The van der Waals surface area contributed by atoms with E-state index in [0.29, 0.717) is 24.0 Å². The van der Waals surface area contributed by atoms with E-state index in [1.165, 1.54) is 16.3 Å². The molecule has 0 atom stereocenters. The largest absolute Gasteiger partial charge is 0.456 e. The molecule has 0 spiro atoms. The van der Waals surface area contributed by atoms with Crippen LogP contribution in [-0.2, 0) is 6.54 Å². The van der Waals surface area contributed by atoms with Gasteiger partial charge in [0, 0.05) is 56.4 Å². The van der Waals surface area contributed by atoms with Gasteiger partial charge in [0.15, 0.2) is 17.5 Å². The second-order valence-corrected chi connectivity index (χ2v) is 12.8. The van der Waals surface area contributed by atoms with E-state index in [9.17, 15) is 0 Å². The molecule has 0 saturated heterocycles. The lowest BCUT2D eigenvalue weighted by molar-refractivity contribution is 0.669. The van der Waals surface area contributed by atoms with Crippen LogP contribution in [0.5, 0.6) is 0 Å². The molecule has 0 aliphatic heterocycles. The standard InChI is InChI=1S/C46H30N4O/c1-3-14-30(15-4-1)32-19-13-20-33(26-32)45-47-44(31-16-5-2-6-17-31)48-46(49-45)35-21-8-7-18-34(35)29-50-40-24-11-9-22-36(40)38-27-39-37-23-10-12-25-42(37)51-43(39)28-41(38)50/h1-28H,29H2. The molecule has 0 N–H and O–H groups in total. The summed E-state index contributed by atoms with van der Waals surface area (Å²) in [6, 6.07) is 58.8. The van der Waals surface area contributed by atoms with Crippen molar-refractivity contribution in [1.29, 1.82) is 0 Å². The van der Waals surface area contributed by atoms with Gasteiger partial charge in [-0.25, -0.2) is 15.0 Å². The molecule has 0 fully saturated rings. The van der Waals surface area contributed by atoms with Gasteiger partial charge in [-0.05, 0) is 41.0 Å². The number of fused-ring (bicyclic) bond motifs is 6. The summed E-state index contributed by atoms with van der Waals surface area (Å²) in [5.74, 6) is 1.91. The van der Waals surface area contributed by atoms with Gasteiger partial charge in [-0.15, -0.1) is 0 Å².